The van der Waals surface area contributed by atoms with Crippen molar-refractivity contribution in [1.29, 1.82) is 0 Å². The summed E-state index contributed by atoms with van der Waals surface area (Å²) in [6, 6.07) is 8.96. The second-order valence-electron chi connectivity index (χ2n) is 6.81. The summed E-state index contributed by atoms with van der Waals surface area (Å²) >= 11 is 0. The summed E-state index contributed by atoms with van der Waals surface area (Å²) in [7, 11) is 3.28. The first-order valence-corrected chi connectivity index (χ1v) is 9.62. The van der Waals surface area contributed by atoms with Crippen LogP contribution in [-0.4, -0.2) is 51.8 Å². The minimum Gasteiger partial charge on any atom is -0.508 e. The molecule has 0 bridgehead atoms. The second-order valence-corrected chi connectivity index (χ2v) is 6.81. The molecule has 0 aliphatic carbocycles. The van der Waals surface area contributed by atoms with Gasteiger partial charge in [0.2, 0.25) is 0 Å². The van der Waals surface area contributed by atoms with Gasteiger partial charge < -0.3 is 19.7 Å². The van der Waals surface area contributed by atoms with Gasteiger partial charge in [-0.25, -0.2) is 9.78 Å². The number of fused-ring (bicyclic) bond motifs is 3. The Hall–Kier alpha value is -4.02. The second kappa shape index (κ2) is 9.23. The van der Waals surface area contributed by atoms with Crippen molar-refractivity contribution < 1.29 is 37.7 Å². The van der Waals surface area contributed by atoms with E-state index in [1.54, 1.807) is 32.5 Å². The number of halogens is 3. The molecule has 4 rings (SSSR count). The molecule has 0 unspecified atom stereocenters. The number of aryl methyl sites for hydroxylation is 1. The maximum absolute atomic E-state index is 10.6. The van der Waals surface area contributed by atoms with E-state index in [2.05, 4.69) is 17.1 Å². The molecule has 2 heterocycles. The number of methoxy groups -OCH3 is 2. The predicted molar refractivity (Wildman–Crippen MR) is 115 cm³/mol. The molecule has 3 N–H and O–H groups in total. The van der Waals surface area contributed by atoms with Crippen molar-refractivity contribution in [1.82, 2.24) is 15.2 Å². The number of benzene rings is 2. The normalized spacial score (nSPS) is 11.2. The number of aromatic hydroxyl groups is 1. The first-order valence-electron chi connectivity index (χ1n) is 9.62. The maximum Gasteiger partial charge on any atom is 0.490 e. The van der Waals surface area contributed by atoms with E-state index in [0.717, 1.165) is 45.1 Å². The van der Waals surface area contributed by atoms with Crippen LogP contribution < -0.4 is 9.47 Å². The van der Waals surface area contributed by atoms with Gasteiger partial charge in [-0.05, 0) is 36.8 Å². The summed E-state index contributed by atoms with van der Waals surface area (Å²) < 4.78 is 43.0. The molecule has 174 valence electrons. The zero-order chi connectivity index (χ0) is 24.3. The quantitative estimate of drug-likeness (QED) is 0.402. The molecule has 0 atom stereocenters. The molecule has 2 aromatic heterocycles. The molecular formula is C22H20F3N3O5. The summed E-state index contributed by atoms with van der Waals surface area (Å²) in [5, 5.41) is 26.8. The average molecular weight is 463 g/mol. The number of carboxylic acids is 1. The van der Waals surface area contributed by atoms with Gasteiger partial charge in [-0.3, -0.25) is 5.10 Å². The van der Waals surface area contributed by atoms with Crippen molar-refractivity contribution in [3.8, 4) is 28.5 Å². The number of nitrogens with one attached hydrogen (secondary N) is 1. The first-order chi connectivity index (χ1) is 15.6. The number of pyridine rings is 1. The Kier molecular flexibility index (Phi) is 6.61. The highest BCUT2D eigenvalue weighted by Crippen LogP contribution is 2.43. The minimum atomic E-state index is -5.08. The van der Waals surface area contributed by atoms with Crippen LogP contribution in [0.1, 0.15) is 12.5 Å². The van der Waals surface area contributed by atoms with E-state index in [1.165, 1.54) is 0 Å². The summed E-state index contributed by atoms with van der Waals surface area (Å²) in [5.41, 5.74) is 3.46. The number of aliphatic carboxylic acids is 1. The molecule has 0 saturated heterocycles. The SMILES string of the molecule is CCc1c(OC)c(OC)cc2c(-c3ccc(O)cc3)nc3[nH]ncc3c12.O=C(O)C(F)(F)F. The van der Waals surface area contributed by atoms with Gasteiger partial charge in [0.05, 0.1) is 26.1 Å². The third-order valence-corrected chi connectivity index (χ3v) is 4.87. The third kappa shape index (κ3) is 4.61. The van der Waals surface area contributed by atoms with E-state index in [9.17, 15) is 18.3 Å². The highest BCUT2D eigenvalue weighted by Gasteiger charge is 2.38. The lowest BCUT2D eigenvalue weighted by atomic mass is 9.95. The Morgan fingerprint density at radius 1 is 1.12 bits per heavy atom. The van der Waals surface area contributed by atoms with E-state index in [-0.39, 0.29) is 5.75 Å². The van der Waals surface area contributed by atoms with Crippen molar-refractivity contribution >= 4 is 27.8 Å². The lowest BCUT2D eigenvalue weighted by Crippen LogP contribution is -2.21. The van der Waals surface area contributed by atoms with Crippen molar-refractivity contribution in [2.24, 2.45) is 0 Å². The van der Waals surface area contributed by atoms with Gasteiger partial charge in [-0.2, -0.15) is 18.3 Å². The van der Waals surface area contributed by atoms with Crippen LogP contribution in [0.4, 0.5) is 13.2 Å². The van der Waals surface area contributed by atoms with E-state index in [4.69, 9.17) is 24.4 Å². The number of hydrogen-bond donors (Lipinski definition) is 3. The first kappa shape index (κ1) is 23.6. The highest BCUT2D eigenvalue weighted by atomic mass is 19.4. The third-order valence-electron chi connectivity index (χ3n) is 4.87. The van der Waals surface area contributed by atoms with Gasteiger partial charge in [0.1, 0.15) is 5.75 Å². The fourth-order valence-electron chi connectivity index (χ4n) is 3.46. The monoisotopic (exact) mass is 463 g/mol. The fraction of sp³-hybridized carbons (Fsp3) is 0.227. The molecule has 0 aliphatic heterocycles. The molecule has 2 aromatic carbocycles. The van der Waals surface area contributed by atoms with Crippen molar-refractivity contribution in [2.45, 2.75) is 19.5 Å². The van der Waals surface area contributed by atoms with Crippen molar-refractivity contribution in [3.05, 3.63) is 42.1 Å². The van der Waals surface area contributed by atoms with Crippen LogP contribution in [-0.2, 0) is 11.2 Å². The molecule has 0 aliphatic rings. The molecule has 33 heavy (non-hydrogen) atoms. The summed E-state index contributed by atoms with van der Waals surface area (Å²) in [5.74, 6) is -1.14. The number of rotatable bonds is 4. The standard InChI is InChI=1S/C20H19N3O3.C2HF3O2/c1-4-13-17-14(9-16(25-2)19(13)26-3)18(11-5-7-12(24)8-6-11)22-20-15(17)10-21-23-20;3-2(4,5)1(6)7/h5-10,24H,4H2,1-3H3,(H,21,22,23);(H,6,7). The molecule has 0 spiro atoms. The number of nitrogens with zero attached hydrogens (tertiary/aromatic N) is 2. The van der Waals surface area contributed by atoms with E-state index in [0.29, 0.717) is 11.4 Å². The Morgan fingerprint density at radius 3 is 2.27 bits per heavy atom. The Morgan fingerprint density at radius 2 is 1.76 bits per heavy atom. The summed E-state index contributed by atoms with van der Waals surface area (Å²) in [4.78, 5) is 13.7. The van der Waals surface area contributed by atoms with Crippen LogP contribution >= 0.6 is 0 Å². The minimum absolute atomic E-state index is 0.217. The number of H-pyrrole nitrogens is 1. The number of phenolic OH excluding ortho intramolecular Hbond substituents is 1. The van der Waals surface area contributed by atoms with Crippen LogP contribution in [0, 0.1) is 0 Å². The highest BCUT2D eigenvalue weighted by molar-refractivity contribution is 6.13. The number of hydrogen-bond acceptors (Lipinski definition) is 6. The van der Waals surface area contributed by atoms with Gasteiger partial charge >= 0.3 is 12.1 Å². The Labute approximate surface area is 185 Å². The van der Waals surface area contributed by atoms with E-state index in [1.807, 2.05) is 18.2 Å². The largest absolute Gasteiger partial charge is 0.508 e. The van der Waals surface area contributed by atoms with Gasteiger partial charge in [0.15, 0.2) is 17.1 Å². The molecule has 0 saturated carbocycles. The Balaban J connectivity index is 0.000000383. The molecular weight excluding hydrogens is 443 g/mol. The number of carbonyl (C=O) groups is 1. The van der Waals surface area contributed by atoms with Crippen LogP contribution in [0.5, 0.6) is 17.2 Å². The van der Waals surface area contributed by atoms with E-state index >= 15 is 0 Å². The lowest BCUT2D eigenvalue weighted by Gasteiger charge is -2.17. The van der Waals surface area contributed by atoms with Crippen LogP contribution in [0.25, 0.3) is 33.1 Å². The van der Waals surface area contributed by atoms with E-state index < -0.39 is 12.1 Å². The van der Waals surface area contributed by atoms with Crippen LogP contribution in [0.2, 0.25) is 0 Å². The predicted octanol–water partition coefficient (Wildman–Crippen LogP) is 4.70. The number of carboxylic acid groups (broad SMARTS) is 1. The number of aromatic nitrogens is 3. The number of alkyl halides is 3. The molecule has 0 radical (unpaired) electrons. The Bertz CT molecular complexity index is 1300. The van der Waals surface area contributed by atoms with Gasteiger partial charge in [-0.1, -0.05) is 6.92 Å². The molecule has 4 aromatic rings. The van der Waals surface area contributed by atoms with Crippen molar-refractivity contribution in [3.63, 3.8) is 0 Å². The van der Waals surface area contributed by atoms with Crippen LogP contribution in [0.3, 0.4) is 0 Å². The zero-order valence-corrected chi connectivity index (χ0v) is 17.8. The molecule has 0 fully saturated rings. The maximum atomic E-state index is 10.6. The fourth-order valence-corrected chi connectivity index (χ4v) is 3.46. The number of ether oxygens (including phenoxy) is 2. The smallest absolute Gasteiger partial charge is 0.490 e. The number of aromatic amines is 1. The summed E-state index contributed by atoms with van der Waals surface area (Å²) in [6.07, 6.45) is -2.52. The van der Waals surface area contributed by atoms with Crippen molar-refractivity contribution in [2.75, 3.05) is 14.2 Å². The lowest BCUT2D eigenvalue weighted by molar-refractivity contribution is -0.192. The van der Waals surface area contributed by atoms with Gasteiger partial charge in [-0.15, -0.1) is 0 Å². The zero-order valence-electron chi connectivity index (χ0n) is 17.8. The summed E-state index contributed by atoms with van der Waals surface area (Å²) in [6.45, 7) is 2.09. The van der Waals surface area contributed by atoms with Gasteiger partial charge in [0.25, 0.3) is 0 Å². The molecule has 0 amide bonds. The molecule has 11 heteroatoms. The van der Waals surface area contributed by atoms with Crippen LogP contribution in [0.15, 0.2) is 36.5 Å². The average Bonchev–Trinajstić information content (AvgIpc) is 3.26. The van der Waals surface area contributed by atoms with Gasteiger partial charge in [0, 0.05) is 27.3 Å². The molecule has 8 nitrogen and oxygen atoms in total. The topological polar surface area (TPSA) is 118 Å². The number of phenols is 1.